The molecule has 2 atom stereocenters. The molecule has 0 heterocycles. The maximum Gasteiger partial charge on any atom is 0.121 e. The minimum atomic E-state index is -0.302. The molecule has 3 aromatic rings. The molecule has 3 rings (SSSR count). The number of rotatable bonds is 10. The third kappa shape index (κ3) is 6.35. The fourth-order valence-electron chi connectivity index (χ4n) is 6.05. The van der Waals surface area contributed by atoms with E-state index in [4.69, 9.17) is 0 Å². The van der Waals surface area contributed by atoms with E-state index in [1.54, 1.807) is 0 Å². The van der Waals surface area contributed by atoms with Gasteiger partial charge in [-0.3, -0.25) is 0 Å². The van der Waals surface area contributed by atoms with Gasteiger partial charge < -0.3 is 15.3 Å². The number of benzene rings is 3. The zero-order valence-corrected chi connectivity index (χ0v) is 25.9. The molecule has 0 radical (unpaired) electrons. The Morgan fingerprint density at radius 2 is 1.10 bits per heavy atom. The Morgan fingerprint density at radius 3 is 1.59 bits per heavy atom. The Bertz CT molecular complexity index is 1270. The maximum absolute atomic E-state index is 10.5. The van der Waals surface area contributed by atoms with Crippen molar-refractivity contribution < 1.29 is 15.3 Å². The van der Waals surface area contributed by atoms with Crippen molar-refractivity contribution in [3.05, 3.63) is 81.4 Å². The second kappa shape index (κ2) is 11.8. The summed E-state index contributed by atoms with van der Waals surface area (Å²) in [6.07, 6.45) is 3.19. The molecule has 0 aromatic heterocycles. The Kier molecular flexibility index (Phi) is 9.27. The van der Waals surface area contributed by atoms with E-state index in [0.717, 1.165) is 52.6 Å². The second-order valence-electron chi connectivity index (χ2n) is 13.1. The number of aliphatic hydroxyl groups is 1. The van der Waals surface area contributed by atoms with Crippen LogP contribution in [0.3, 0.4) is 0 Å². The van der Waals surface area contributed by atoms with Crippen LogP contribution in [0.5, 0.6) is 11.5 Å². The predicted molar refractivity (Wildman–Crippen MR) is 165 cm³/mol. The molecule has 0 amide bonds. The van der Waals surface area contributed by atoms with Crippen LogP contribution in [0.4, 0.5) is 0 Å². The molecule has 0 fully saturated rings. The lowest BCUT2D eigenvalue weighted by molar-refractivity contribution is 0.177. The largest absolute Gasteiger partial charge is 0.507 e. The van der Waals surface area contributed by atoms with Gasteiger partial charge in [-0.2, -0.15) is 0 Å². The van der Waals surface area contributed by atoms with Gasteiger partial charge in [-0.25, -0.2) is 0 Å². The van der Waals surface area contributed by atoms with E-state index in [0.29, 0.717) is 17.4 Å². The Morgan fingerprint density at radius 1 is 0.667 bits per heavy atom. The lowest BCUT2D eigenvalue weighted by Gasteiger charge is -2.38. The van der Waals surface area contributed by atoms with Gasteiger partial charge in [0.2, 0.25) is 0 Å². The van der Waals surface area contributed by atoms with E-state index in [-0.39, 0.29) is 23.4 Å². The van der Waals surface area contributed by atoms with Crippen molar-refractivity contribution in [1.29, 1.82) is 0 Å². The molecule has 0 spiro atoms. The highest BCUT2D eigenvalue weighted by Crippen LogP contribution is 2.44. The number of phenols is 2. The average Bonchev–Trinajstić information content (AvgIpc) is 2.88. The quantitative estimate of drug-likeness (QED) is 0.245. The van der Waals surface area contributed by atoms with Crippen LogP contribution in [-0.2, 0) is 10.8 Å². The standard InChI is InChI=1S/C36H50O3/c1-11-12-29(13-22(2)21-37)35(7,8)31-18-28(27-14-23(3)33(38)24(4)15-27)19-32(20-31)36(9,10)30-16-25(5)34(39)26(6)17-30/h14-20,22,29,37-39H,11-13,21H2,1-10H3. The van der Waals surface area contributed by atoms with Crippen LogP contribution in [0.15, 0.2) is 42.5 Å². The first-order valence-corrected chi connectivity index (χ1v) is 14.5. The van der Waals surface area contributed by atoms with Crippen molar-refractivity contribution in [2.24, 2.45) is 11.8 Å². The summed E-state index contributed by atoms with van der Waals surface area (Å²) in [5, 5.41) is 30.8. The molecule has 2 unspecified atom stereocenters. The van der Waals surface area contributed by atoms with Crippen LogP contribution in [0.2, 0.25) is 0 Å². The van der Waals surface area contributed by atoms with Crippen molar-refractivity contribution in [2.45, 2.75) is 99.3 Å². The molecule has 212 valence electrons. The third-order valence-electron chi connectivity index (χ3n) is 9.09. The molecule has 0 bridgehead atoms. The highest BCUT2D eigenvalue weighted by Gasteiger charge is 2.34. The highest BCUT2D eigenvalue weighted by molar-refractivity contribution is 5.70. The molecule has 0 aliphatic carbocycles. The summed E-state index contributed by atoms with van der Waals surface area (Å²) < 4.78 is 0. The van der Waals surface area contributed by atoms with E-state index < -0.39 is 0 Å². The molecule has 0 aliphatic rings. The highest BCUT2D eigenvalue weighted by atomic mass is 16.3. The van der Waals surface area contributed by atoms with E-state index in [9.17, 15) is 15.3 Å². The molecular formula is C36H50O3. The first kappa shape index (κ1) is 30.8. The summed E-state index contributed by atoms with van der Waals surface area (Å²) in [4.78, 5) is 0. The van der Waals surface area contributed by atoms with E-state index in [1.165, 1.54) is 16.7 Å². The van der Waals surface area contributed by atoms with Crippen LogP contribution in [0, 0.1) is 39.5 Å². The average molecular weight is 531 g/mol. The van der Waals surface area contributed by atoms with Gasteiger partial charge in [-0.05, 0) is 120 Å². The molecule has 0 aliphatic heterocycles. The minimum absolute atomic E-state index is 0.109. The number of hydrogen-bond donors (Lipinski definition) is 3. The van der Waals surface area contributed by atoms with Gasteiger partial charge in [0.1, 0.15) is 11.5 Å². The van der Waals surface area contributed by atoms with Gasteiger partial charge in [-0.1, -0.05) is 78.3 Å². The monoisotopic (exact) mass is 530 g/mol. The molecule has 3 N–H and O–H groups in total. The summed E-state index contributed by atoms with van der Waals surface area (Å²) in [5.74, 6) is 1.40. The molecule has 0 saturated heterocycles. The van der Waals surface area contributed by atoms with Crippen LogP contribution in [0.1, 0.15) is 99.7 Å². The summed E-state index contributed by atoms with van der Waals surface area (Å²) in [6.45, 7) is 21.7. The fraction of sp³-hybridized carbons (Fsp3) is 0.500. The lowest BCUT2D eigenvalue weighted by Crippen LogP contribution is -2.31. The van der Waals surface area contributed by atoms with Gasteiger partial charge in [0.15, 0.2) is 0 Å². The summed E-state index contributed by atoms with van der Waals surface area (Å²) in [5.41, 5.74) is 9.06. The molecular weight excluding hydrogens is 480 g/mol. The molecule has 3 heteroatoms. The van der Waals surface area contributed by atoms with Crippen LogP contribution in [0.25, 0.3) is 11.1 Å². The Hall–Kier alpha value is -2.78. The number of phenolic OH excluding ortho intramolecular Hbond substituents is 2. The summed E-state index contributed by atoms with van der Waals surface area (Å²) >= 11 is 0. The number of aryl methyl sites for hydroxylation is 4. The molecule has 3 aromatic carbocycles. The lowest BCUT2D eigenvalue weighted by atomic mass is 9.66. The Labute approximate surface area is 236 Å². The van der Waals surface area contributed by atoms with Gasteiger partial charge >= 0.3 is 0 Å². The van der Waals surface area contributed by atoms with Gasteiger partial charge in [0.25, 0.3) is 0 Å². The summed E-state index contributed by atoms with van der Waals surface area (Å²) in [7, 11) is 0. The normalized spacial score (nSPS) is 13.9. The Balaban J connectivity index is 2.30. The van der Waals surface area contributed by atoms with Crippen LogP contribution in [-0.4, -0.2) is 21.9 Å². The van der Waals surface area contributed by atoms with Crippen molar-refractivity contribution in [2.75, 3.05) is 6.61 Å². The molecule has 0 saturated carbocycles. The summed E-state index contributed by atoms with van der Waals surface area (Å²) in [6, 6.07) is 15.4. The van der Waals surface area contributed by atoms with Crippen molar-refractivity contribution in [1.82, 2.24) is 0 Å². The van der Waals surface area contributed by atoms with Crippen LogP contribution >= 0.6 is 0 Å². The number of aromatic hydroxyl groups is 2. The first-order chi connectivity index (χ1) is 18.1. The van der Waals surface area contributed by atoms with Crippen molar-refractivity contribution >= 4 is 0 Å². The van der Waals surface area contributed by atoms with Gasteiger partial charge in [0.05, 0.1) is 0 Å². The second-order valence-corrected chi connectivity index (χ2v) is 13.1. The number of aliphatic hydroxyl groups excluding tert-OH is 1. The first-order valence-electron chi connectivity index (χ1n) is 14.5. The van der Waals surface area contributed by atoms with Crippen molar-refractivity contribution in [3.8, 4) is 22.6 Å². The van der Waals surface area contributed by atoms with Crippen molar-refractivity contribution in [3.63, 3.8) is 0 Å². The fourth-order valence-corrected chi connectivity index (χ4v) is 6.05. The van der Waals surface area contributed by atoms with E-state index in [2.05, 4.69) is 84.0 Å². The van der Waals surface area contributed by atoms with Crippen LogP contribution < -0.4 is 0 Å². The van der Waals surface area contributed by atoms with E-state index in [1.807, 2.05) is 27.7 Å². The topological polar surface area (TPSA) is 60.7 Å². The predicted octanol–water partition coefficient (Wildman–Crippen LogP) is 9.04. The van der Waals surface area contributed by atoms with Gasteiger partial charge in [-0.15, -0.1) is 0 Å². The smallest absolute Gasteiger partial charge is 0.121 e. The maximum atomic E-state index is 10.5. The number of hydrogen-bond acceptors (Lipinski definition) is 3. The molecule has 3 nitrogen and oxygen atoms in total. The van der Waals surface area contributed by atoms with E-state index >= 15 is 0 Å². The molecule has 39 heavy (non-hydrogen) atoms. The zero-order chi connectivity index (χ0) is 29.3. The van der Waals surface area contributed by atoms with Gasteiger partial charge in [0, 0.05) is 12.0 Å². The zero-order valence-electron chi connectivity index (χ0n) is 25.9. The minimum Gasteiger partial charge on any atom is -0.507 e. The SMILES string of the molecule is CCCC(CC(C)CO)C(C)(C)c1cc(-c2cc(C)c(O)c(C)c2)cc(C(C)(C)c2cc(C)c(O)c(C)c2)c1. The third-order valence-corrected chi connectivity index (χ3v) is 9.09.